The minimum atomic E-state index is -0.795. The van der Waals surface area contributed by atoms with Crippen LogP contribution >= 0.6 is 0 Å². The third-order valence-corrected chi connectivity index (χ3v) is 4.07. The number of hydrogen-bond acceptors (Lipinski definition) is 3. The van der Waals surface area contributed by atoms with Crippen molar-refractivity contribution < 1.29 is 9.59 Å². The molecule has 1 unspecified atom stereocenters. The second kappa shape index (κ2) is 8.11. The normalized spacial score (nSPS) is 11.6. The van der Waals surface area contributed by atoms with Crippen LogP contribution < -0.4 is 10.6 Å². The van der Waals surface area contributed by atoms with Gasteiger partial charge in [0, 0.05) is 6.07 Å². The third-order valence-electron chi connectivity index (χ3n) is 4.07. The number of benzene rings is 2. The summed E-state index contributed by atoms with van der Waals surface area (Å²) in [5.74, 6) is -0.0735. The fourth-order valence-corrected chi connectivity index (χ4v) is 2.67. The maximum atomic E-state index is 12.7. The van der Waals surface area contributed by atoms with Gasteiger partial charge in [0.05, 0.1) is 12.6 Å². The molecule has 2 amide bonds. The van der Waals surface area contributed by atoms with Gasteiger partial charge in [-0.25, -0.2) is 0 Å². The van der Waals surface area contributed by atoms with E-state index < -0.39 is 6.04 Å². The minimum Gasteiger partial charge on any atom is -0.340 e. The molecule has 1 atom stereocenters. The van der Waals surface area contributed by atoms with Crippen LogP contribution in [-0.2, 0) is 16.0 Å². The van der Waals surface area contributed by atoms with Crippen molar-refractivity contribution in [3.63, 3.8) is 0 Å². The maximum Gasteiger partial charge on any atom is 0.252 e. The Bertz CT molecular complexity index is 876. The van der Waals surface area contributed by atoms with E-state index in [2.05, 4.69) is 20.8 Å². The predicted octanol–water partition coefficient (Wildman–Crippen LogP) is 2.76. The first kappa shape index (κ1) is 17.4. The van der Waals surface area contributed by atoms with Crippen LogP contribution in [0.2, 0.25) is 0 Å². The summed E-state index contributed by atoms with van der Waals surface area (Å²) in [5.41, 5.74) is 2.69. The van der Waals surface area contributed by atoms with Crippen molar-refractivity contribution in [1.29, 1.82) is 0 Å². The molecule has 0 spiro atoms. The molecule has 0 aliphatic heterocycles. The van der Waals surface area contributed by atoms with Gasteiger partial charge in [-0.15, -0.1) is 0 Å². The highest BCUT2D eigenvalue weighted by Gasteiger charge is 2.23. The van der Waals surface area contributed by atoms with Crippen LogP contribution in [0.4, 0.5) is 5.82 Å². The van der Waals surface area contributed by atoms with Gasteiger partial charge in [-0.05, 0) is 23.6 Å². The number of anilines is 1. The number of nitrogens with one attached hydrogen (secondary N) is 3. The van der Waals surface area contributed by atoms with Crippen LogP contribution in [0.15, 0.2) is 66.9 Å². The number of amides is 2. The van der Waals surface area contributed by atoms with E-state index in [1.165, 1.54) is 0 Å². The van der Waals surface area contributed by atoms with E-state index in [1.807, 2.05) is 61.5 Å². The molecule has 1 heterocycles. The van der Waals surface area contributed by atoms with E-state index in [0.29, 0.717) is 11.4 Å². The van der Waals surface area contributed by atoms with E-state index >= 15 is 0 Å². The minimum absolute atomic E-state index is 0.215. The number of rotatable bonds is 6. The van der Waals surface area contributed by atoms with Crippen molar-refractivity contribution in [2.75, 3.05) is 5.32 Å². The molecule has 3 N–H and O–H groups in total. The van der Waals surface area contributed by atoms with Crippen LogP contribution in [0.25, 0.3) is 0 Å². The smallest absolute Gasteiger partial charge is 0.252 e. The van der Waals surface area contributed by atoms with Crippen LogP contribution in [0.3, 0.4) is 0 Å². The fraction of sp³-hybridized carbons (Fsp3) is 0.150. The highest BCUT2D eigenvalue weighted by molar-refractivity contribution is 5.97. The Labute approximate surface area is 151 Å². The Kier molecular flexibility index (Phi) is 5.43. The molecular formula is C20H20N4O2. The molecule has 0 radical (unpaired) electrons. The van der Waals surface area contributed by atoms with Crippen molar-refractivity contribution in [3.8, 4) is 0 Å². The first-order chi connectivity index (χ1) is 12.6. The average molecular weight is 348 g/mol. The third kappa shape index (κ3) is 4.36. The zero-order valence-electron chi connectivity index (χ0n) is 14.4. The second-order valence-electron chi connectivity index (χ2n) is 5.97. The van der Waals surface area contributed by atoms with E-state index in [9.17, 15) is 9.59 Å². The van der Waals surface area contributed by atoms with Gasteiger partial charge < -0.3 is 10.6 Å². The number of carbonyl (C=O) groups is 2. The number of aromatic amines is 1. The van der Waals surface area contributed by atoms with E-state index in [4.69, 9.17) is 0 Å². The molecule has 26 heavy (non-hydrogen) atoms. The van der Waals surface area contributed by atoms with Gasteiger partial charge in [-0.1, -0.05) is 54.6 Å². The molecular weight excluding hydrogens is 328 g/mol. The Morgan fingerprint density at radius 1 is 1.04 bits per heavy atom. The zero-order valence-corrected chi connectivity index (χ0v) is 14.4. The summed E-state index contributed by atoms with van der Waals surface area (Å²) >= 11 is 0. The molecule has 0 aliphatic carbocycles. The van der Waals surface area contributed by atoms with Crippen molar-refractivity contribution >= 4 is 17.6 Å². The van der Waals surface area contributed by atoms with Crippen molar-refractivity contribution in [2.45, 2.75) is 19.4 Å². The van der Waals surface area contributed by atoms with Crippen molar-refractivity contribution in [3.05, 3.63) is 83.6 Å². The van der Waals surface area contributed by atoms with Gasteiger partial charge in [0.1, 0.15) is 11.9 Å². The van der Waals surface area contributed by atoms with Crippen LogP contribution in [0.5, 0.6) is 0 Å². The van der Waals surface area contributed by atoms with Gasteiger partial charge >= 0.3 is 0 Å². The SMILES string of the molecule is Cc1ccccc1CC(=O)NC(C(=O)Nc1ccn[nH]1)c1ccccc1. The van der Waals surface area contributed by atoms with Gasteiger partial charge in [-0.3, -0.25) is 14.7 Å². The summed E-state index contributed by atoms with van der Waals surface area (Å²) in [5, 5.41) is 12.1. The number of nitrogens with zero attached hydrogens (tertiary/aromatic N) is 1. The quantitative estimate of drug-likeness (QED) is 0.640. The Morgan fingerprint density at radius 3 is 2.46 bits per heavy atom. The monoisotopic (exact) mass is 348 g/mol. The fourth-order valence-electron chi connectivity index (χ4n) is 2.67. The van der Waals surface area contributed by atoms with Gasteiger partial charge in [0.2, 0.25) is 5.91 Å². The summed E-state index contributed by atoms with van der Waals surface area (Å²) in [6, 6.07) is 17.7. The van der Waals surface area contributed by atoms with E-state index in [-0.39, 0.29) is 18.2 Å². The molecule has 2 aromatic carbocycles. The number of hydrogen-bond donors (Lipinski definition) is 3. The molecule has 0 bridgehead atoms. The largest absolute Gasteiger partial charge is 0.340 e. The lowest BCUT2D eigenvalue weighted by atomic mass is 10.0. The van der Waals surface area contributed by atoms with Crippen LogP contribution in [0, 0.1) is 6.92 Å². The number of carbonyl (C=O) groups excluding carboxylic acids is 2. The van der Waals surface area contributed by atoms with Gasteiger partial charge in [-0.2, -0.15) is 5.10 Å². The van der Waals surface area contributed by atoms with Crippen molar-refractivity contribution in [2.24, 2.45) is 0 Å². The molecule has 0 aliphatic rings. The highest BCUT2D eigenvalue weighted by atomic mass is 16.2. The number of H-pyrrole nitrogens is 1. The topological polar surface area (TPSA) is 86.9 Å². The molecule has 3 rings (SSSR count). The second-order valence-corrected chi connectivity index (χ2v) is 5.97. The molecule has 1 aromatic heterocycles. The number of aryl methyl sites for hydroxylation is 1. The Balaban J connectivity index is 1.76. The lowest BCUT2D eigenvalue weighted by Crippen LogP contribution is -2.37. The lowest BCUT2D eigenvalue weighted by Gasteiger charge is -2.19. The maximum absolute atomic E-state index is 12.7. The molecule has 6 heteroatoms. The molecule has 0 fully saturated rings. The van der Waals surface area contributed by atoms with Gasteiger partial charge in [0.15, 0.2) is 0 Å². The van der Waals surface area contributed by atoms with Crippen molar-refractivity contribution in [1.82, 2.24) is 15.5 Å². The van der Waals surface area contributed by atoms with E-state index in [0.717, 1.165) is 11.1 Å². The summed E-state index contributed by atoms with van der Waals surface area (Å²) in [6.45, 7) is 1.96. The summed E-state index contributed by atoms with van der Waals surface area (Å²) < 4.78 is 0. The zero-order chi connectivity index (χ0) is 18.4. The summed E-state index contributed by atoms with van der Waals surface area (Å²) in [4.78, 5) is 25.2. The van der Waals surface area contributed by atoms with Gasteiger partial charge in [0.25, 0.3) is 5.91 Å². The summed E-state index contributed by atoms with van der Waals surface area (Å²) in [7, 11) is 0. The molecule has 0 saturated heterocycles. The lowest BCUT2D eigenvalue weighted by molar-refractivity contribution is -0.126. The van der Waals surface area contributed by atoms with E-state index in [1.54, 1.807) is 12.3 Å². The first-order valence-electron chi connectivity index (χ1n) is 8.32. The summed E-state index contributed by atoms with van der Waals surface area (Å²) in [6.07, 6.45) is 1.76. The Hall–Kier alpha value is -3.41. The molecule has 3 aromatic rings. The predicted molar refractivity (Wildman–Crippen MR) is 99.4 cm³/mol. The number of aromatic nitrogens is 2. The van der Waals surface area contributed by atoms with Crippen LogP contribution in [0.1, 0.15) is 22.7 Å². The molecule has 0 saturated carbocycles. The average Bonchev–Trinajstić information content (AvgIpc) is 3.15. The highest BCUT2D eigenvalue weighted by Crippen LogP contribution is 2.16. The molecule has 6 nitrogen and oxygen atoms in total. The standard InChI is InChI=1S/C20H20N4O2/c1-14-7-5-6-10-16(14)13-18(25)23-19(15-8-3-2-4-9-15)20(26)22-17-11-12-21-24-17/h2-12,19H,13H2,1H3,(H,23,25)(H2,21,22,24,26). The first-order valence-corrected chi connectivity index (χ1v) is 8.32. The Morgan fingerprint density at radius 2 is 1.77 bits per heavy atom. The van der Waals surface area contributed by atoms with Crippen LogP contribution in [-0.4, -0.2) is 22.0 Å². The molecule has 132 valence electrons.